The van der Waals surface area contributed by atoms with Gasteiger partial charge in [0.15, 0.2) is 5.54 Å². The molecular formula is C12H21NO5. The predicted molar refractivity (Wildman–Crippen MR) is 64.4 cm³/mol. The number of rotatable bonds is 5. The van der Waals surface area contributed by atoms with Crippen LogP contribution in [0.15, 0.2) is 0 Å². The molecule has 1 fully saturated rings. The van der Waals surface area contributed by atoms with Gasteiger partial charge in [-0.25, -0.2) is 9.59 Å². The van der Waals surface area contributed by atoms with E-state index in [1.165, 1.54) is 4.90 Å². The molecule has 0 aromatic carbocycles. The van der Waals surface area contributed by atoms with Crippen molar-refractivity contribution in [2.45, 2.75) is 45.3 Å². The maximum absolute atomic E-state index is 11.8. The van der Waals surface area contributed by atoms with Gasteiger partial charge >= 0.3 is 12.1 Å². The Kier molecular flexibility index (Phi) is 4.95. The van der Waals surface area contributed by atoms with Crippen LogP contribution in [0.4, 0.5) is 4.79 Å². The standard InChI is InChI=1S/C12H21NO5/c1-4-17-11(16)13-7-5-6-12(13,10(14)15)8-18-9(2)3/h9H,4-8H2,1-3H3,(H,14,15). The summed E-state index contributed by atoms with van der Waals surface area (Å²) < 4.78 is 10.3. The highest BCUT2D eigenvalue weighted by Crippen LogP contribution is 2.31. The van der Waals surface area contributed by atoms with E-state index < -0.39 is 17.6 Å². The Balaban J connectivity index is 2.86. The molecular weight excluding hydrogens is 238 g/mol. The molecule has 1 amide bonds. The van der Waals surface area contributed by atoms with E-state index in [9.17, 15) is 14.7 Å². The van der Waals surface area contributed by atoms with Crippen molar-refractivity contribution in [1.29, 1.82) is 0 Å². The number of carbonyl (C=O) groups excluding carboxylic acids is 1. The number of hydrogen-bond donors (Lipinski definition) is 1. The number of aliphatic carboxylic acids is 1. The summed E-state index contributed by atoms with van der Waals surface area (Å²) in [5.74, 6) is -1.03. The number of carboxylic acids is 1. The summed E-state index contributed by atoms with van der Waals surface area (Å²) in [7, 11) is 0. The van der Waals surface area contributed by atoms with E-state index >= 15 is 0 Å². The predicted octanol–water partition coefficient (Wildman–Crippen LogP) is 1.49. The van der Waals surface area contributed by atoms with Crippen molar-refractivity contribution in [2.24, 2.45) is 0 Å². The second kappa shape index (κ2) is 6.04. The van der Waals surface area contributed by atoms with E-state index in [2.05, 4.69) is 0 Å². The lowest BCUT2D eigenvalue weighted by Crippen LogP contribution is -2.56. The molecule has 0 saturated carbocycles. The Morgan fingerprint density at radius 1 is 1.44 bits per heavy atom. The molecule has 1 atom stereocenters. The van der Waals surface area contributed by atoms with Crippen molar-refractivity contribution in [3.8, 4) is 0 Å². The third-order valence-electron chi connectivity index (χ3n) is 3.03. The smallest absolute Gasteiger partial charge is 0.410 e. The largest absolute Gasteiger partial charge is 0.479 e. The van der Waals surface area contributed by atoms with Gasteiger partial charge in [0.25, 0.3) is 0 Å². The van der Waals surface area contributed by atoms with Crippen molar-refractivity contribution in [1.82, 2.24) is 4.90 Å². The van der Waals surface area contributed by atoms with E-state index in [0.29, 0.717) is 19.4 Å². The van der Waals surface area contributed by atoms with E-state index in [-0.39, 0.29) is 19.3 Å². The number of ether oxygens (including phenoxy) is 2. The summed E-state index contributed by atoms with van der Waals surface area (Å²) in [6.45, 7) is 5.99. The van der Waals surface area contributed by atoms with Crippen LogP contribution in [0.3, 0.4) is 0 Å². The molecule has 0 bridgehead atoms. The number of amides is 1. The Hall–Kier alpha value is -1.30. The summed E-state index contributed by atoms with van der Waals surface area (Å²) in [6.07, 6.45) is 0.385. The fourth-order valence-electron chi connectivity index (χ4n) is 2.08. The molecule has 6 heteroatoms. The first-order valence-corrected chi connectivity index (χ1v) is 6.23. The highest BCUT2D eigenvalue weighted by molar-refractivity contribution is 5.85. The van der Waals surface area contributed by atoms with E-state index in [1.54, 1.807) is 6.92 Å². The van der Waals surface area contributed by atoms with E-state index in [4.69, 9.17) is 9.47 Å². The van der Waals surface area contributed by atoms with Crippen LogP contribution in [-0.4, -0.2) is 53.5 Å². The van der Waals surface area contributed by atoms with Gasteiger partial charge in [-0.2, -0.15) is 0 Å². The fraction of sp³-hybridized carbons (Fsp3) is 0.833. The molecule has 1 N–H and O–H groups in total. The maximum Gasteiger partial charge on any atom is 0.410 e. The van der Waals surface area contributed by atoms with Crippen LogP contribution < -0.4 is 0 Å². The quantitative estimate of drug-likeness (QED) is 0.809. The zero-order chi connectivity index (χ0) is 13.8. The van der Waals surface area contributed by atoms with Gasteiger partial charge in [0, 0.05) is 6.54 Å². The van der Waals surface area contributed by atoms with E-state index in [0.717, 1.165) is 0 Å². The van der Waals surface area contributed by atoms with Gasteiger partial charge in [-0.1, -0.05) is 0 Å². The van der Waals surface area contributed by atoms with Gasteiger partial charge in [0.05, 0.1) is 19.3 Å². The summed E-state index contributed by atoms with van der Waals surface area (Å²) >= 11 is 0. The molecule has 0 spiro atoms. The van der Waals surface area contributed by atoms with Crippen molar-refractivity contribution >= 4 is 12.1 Å². The number of hydrogen-bond acceptors (Lipinski definition) is 4. The summed E-state index contributed by atoms with van der Waals surface area (Å²) in [5, 5.41) is 9.43. The molecule has 1 heterocycles. The van der Waals surface area contributed by atoms with E-state index in [1.807, 2.05) is 13.8 Å². The molecule has 18 heavy (non-hydrogen) atoms. The topological polar surface area (TPSA) is 76.1 Å². The lowest BCUT2D eigenvalue weighted by Gasteiger charge is -2.34. The molecule has 1 saturated heterocycles. The van der Waals surface area contributed by atoms with Crippen LogP contribution in [-0.2, 0) is 14.3 Å². The van der Waals surface area contributed by atoms with Crippen LogP contribution in [0.25, 0.3) is 0 Å². The zero-order valence-corrected chi connectivity index (χ0v) is 11.1. The van der Waals surface area contributed by atoms with Crippen LogP contribution >= 0.6 is 0 Å². The number of likely N-dealkylation sites (tertiary alicyclic amines) is 1. The maximum atomic E-state index is 11.8. The third kappa shape index (κ3) is 2.93. The molecule has 1 rings (SSSR count). The molecule has 1 aliphatic heterocycles. The molecule has 1 aliphatic rings. The average molecular weight is 259 g/mol. The Bertz CT molecular complexity index is 318. The fourth-order valence-corrected chi connectivity index (χ4v) is 2.08. The molecule has 0 aliphatic carbocycles. The second-order valence-electron chi connectivity index (χ2n) is 4.65. The summed E-state index contributed by atoms with van der Waals surface area (Å²) in [6, 6.07) is 0. The van der Waals surface area contributed by atoms with Crippen molar-refractivity contribution in [3.05, 3.63) is 0 Å². The van der Waals surface area contributed by atoms with Crippen molar-refractivity contribution in [3.63, 3.8) is 0 Å². The first-order valence-electron chi connectivity index (χ1n) is 6.23. The number of carbonyl (C=O) groups is 2. The zero-order valence-electron chi connectivity index (χ0n) is 11.1. The van der Waals surface area contributed by atoms with Gasteiger partial charge < -0.3 is 14.6 Å². The van der Waals surface area contributed by atoms with Crippen LogP contribution in [0.1, 0.15) is 33.6 Å². The van der Waals surface area contributed by atoms with Crippen molar-refractivity contribution < 1.29 is 24.2 Å². The minimum atomic E-state index is -1.28. The minimum absolute atomic E-state index is 0.00118. The monoisotopic (exact) mass is 259 g/mol. The van der Waals surface area contributed by atoms with Gasteiger partial charge in [0.1, 0.15) is 0 Å². The Labute approximate surface area is 107 Å². The molecule has 0 radical (unpaired) electrons. The highest BCUT2D eigenvalue weighted by Gasteiger charge is 2.51. The number of nitrogens with zero attached hydrogens (tertiary/aromatic N) is 1. The van der Waals surface area contributed by atoms with Crippen LogP contribution in [0.5, 0.6) is 0 Å². The normalized spacial score (nSPS) is 23.4. The van der Waals surface area contributed by atoms with Gasteiger partial charge in [-0.15, -0.1) is 0 Å². The van der Waals surface area contributed by atoms with Gasteiger partial charge in [-0.3, -0.25) is 4.90 Å². The van der Waals surface area contributed by atoms with Crippen LogP contribution in [0, 0.1) is 0 Å². The SMILES string of the molecule is CCOC(=O)N1CCCC1(COC(C)C)C(=O)O. The second-order valence-corrected chi connectivity index (χ2v) is 4.65. The average Bonchev–Trinajstić information content (AvgIpc) is 2.71. The van der Waals surface area contributed by atoms with Crippen molar-refractivity contribution in [2.75, 3.05) is 19.8 Å². The summed E-state index contributed by atoms with van der Waals surface area (Å²) in [5.41, 5.74) is -1.28. The molecule has 104 valence electrons. The first kappa shape index (κ1) is 14.8. The summed E-state index contributed by atoms with van der Waals surface area (Å²) in [4.78, 5) is 24.6. The van der Waals surface area contributed by atoms with Gasteiger partial charge in [0.2, 0.25) is 0 Å². The molecule has 1 unspecified atom stereocenters. The molecule has 0 aromatic heterocycles. The first-order chi connectivity index (χ1) is 8.44. The lowest BCUT2D eigenvalue weighted by molar-refractivity contribution is -0.153. The van der Waals surface area contributed by atoms with Gasteiger partial charge in [-0.05, 0) is 33.6 Å². The highest BCUT2D eigenvalue weighted by atomic mass is 16.6. The third-order valence-corrected chi connectivity index (χ3v) is 3.03. The Morgan fingerprint density at radius 3 is 2.61 bits per heavy atom. The lowest BCUT2D eigenvalue weighted by atomic mass is 9.97. The molecule has 0 aromatic rings. The molecule has 6 nitrogen and oxygen atoms in total. The minimum Gasteiger partial charge on any atom is -0.479 e. The van der Waals surface area contributed by atoms with Crippen LogP contribution in [0.2, 0.25) is 0 Å². The number of carboxylic acid groups (broad SMARTS) is 1. The Morgan fingerprint density at radius 2 is 2.11 bits per heavy atom.